The van der Waals surface area contributed by atoms with Crippen molar-refractivity contribution >= 4 is 40.5 Å². The molecule has 0 aliphatic heterocycles. The molecule has 0 heterocycles. The normalized spacial score (nSPS) is 11.5. The molecule has 0 radical (unpaired) electrons. The number of ether oxygens (including phenoxy) is 1. The Balaban J connectivity index is 1.89. The van der Waals surface area contributed by atoms with Gasteiger partial charge in [0.1, 0.15) is 5.75 Å². The molecule has 2 rings (SSSR count). The van der Waals surface area contributed by atoms with Gasteiger partial charge in [-0.1, -0.05) is 43.6 Å². The van der Waals surface area contributed by atoms with Crippen LogP contribution in [0.1, 0.15) is 37.3 Å². The summed E-state index contributed by atoms with van der Waals surface area (Å²) in [5.41, 5.74) is 2.96. The third-order valence-electron chi connectivity index (χ3n) is 4.10. The average molecular weight is 391 g/mol. The first-order valence-electron chi connectivity index (χ1n) is 8.49. The summed E-state index contributed by atoms with van der Waals surface area (Å²) in [5, 5.41) is 6.65. The lowest BCUT2D eigenvalue weighted by Gasteiger charge is -2.17. The number of halogens is 1. The highest BCUT2D eigenvalue weighted by atomic mass is 35.5. The summed E-state index contributed by atoms with van der Waals surface area (Å²) in [4.78, 5) is 12.1. The number of benzene rings is 2. The van der Waals surface area contributed by atoms with Gasteiger partial charge in [-0.2, -0.15) is 0 Å². The molecule has 0 unspecified atom stereocenters. The van der Waals surface area contributed by atoms with Gasteiger partial charge in [-0.25, -0.2) is 0 Å². The number of hydrogen-bond acceptors (Lipinski definition) is 3. The van der Waals surface area contributed by atoms with Crippen LogP contribution < -0.4 is 15.4 Å². The van der Waals surface area contributed by atoms with Crippen molar-refractivity contribution in [2.45, 2.75) is 33.1 Å². The molecule has 1 atom stereocenters. The highest BCUT2D eigenvalue weighted by Gasteiger charge is 2.11. The van der Waals surface area contributed by atoms with Crippen molar-refractivity contribution in [1.29, 1.82) is 0 Å². The van der Waals surface area contributed by atoms with E-state index in [9.17, 15) is 4.79 Å². The van der Waals surface area contributed by atoms with E-state index < -0.39 is 0 Å². The first-order chi connectivity index (χ1) is 12.4. The van der Waals surface area contributed by atoms with Crippen LogP contribution in [0.15, 0.2) is 42.5 Å². The van der Waals surface area contributed by atoms with Crippen molar-refractivity contribution in [1.82, 2.24) is 5.32 Å². The maximum Gasteiger partial charge on any atom is 0.264 e. The summed E-state index contributed by atoms with van der Waals surface area (Å²) in [6.45, 7) is 6.04. The Morgan fingerprint density at radius 1 is 1.27 bits per heavy atom. The van der Waals surface area contributed by atoms with E-state index in [1.165, 1.54) is 5.56 Å². The maximum atomic E-state index is 12.1. The van der Waals surface area contributed by atoms with E-state index in [4.69, 9.17) is 28.6 Å². The molecule has 2 aromatic rings. The number of anilines is 1. The summed E-state index contributed by atoms with van der Waals surface area (Å²) in [6.07, 6.45) is 1.02. The van der Waals surface area contributed by atoms with Crippen LogP contribution in [-0.4, -0.2) is 17.6 Å². The summed E-state index contributed by atoms with van der Waals surface area (Å²) < 4.78 is 5.48. The molecule has 0 saturated heterocycles. The van der Waals surface area contributed by atoms with Gasteiger partial charge in [0.2, 0.25) is 0 Å². The lowest BCUT2D eigenvalue weighted by molar-refractivity contribution is -0.121. The van der Waals surface area contributed by atoms with Crippen LogP contribution >= 0.6 is 23.8 Å². The largest absolute Gasteiger partial charge is 0.484 e. The molecule has 138 valence electrons. The van der Waals surface area contributed by atoms with E-state index >= 15 is 0 Å². The van der Waals surface area contributed by atoms with Crippen LogP contribution in [0.2, 0.25) is 5.02 Å². The number of rotatable bonds is 6. The average Bonchev–Trinajstić information content (AvgIpc) is 2.62. The highest BCUT2D eigenvalue weighted by Crippen LogP contribution is 2.26. The van der Waals surface area contributed by atoms with E-state index in [1.54, 1.807) is 18.2 Å². The number of amides is 1. The molecule has 0 aromatic heterocycles. The van der Waals surface area contributed by atoms with E-state index in [0.29, 0.717) is 16.7 Å². The molecule has 26 heavy (non-hydrogen) atoms. The lowest BCUT2D eigenvalue weighted by Crippen LogP contribution is -2.37. The Morgan fingerprint density at radius 3 is 2.69 bits per heavy atom. The van der Waals surface area contributed by atoms with E-state index in [-0.39, 0.29) is 17.6 Å². The standard InChI is InChI=1S/C20H23ClN2O2S/c1-4-13(2)16-7-5-6-8-18(16)22-20(26)23-19(24)12-25-15-9-10-17(21)14(3)11-15/h5-11,13H,4,12H2,1-3H3,(H2,22,23,24,26)/t13-/m0/s1. The zero-order chi connectivity index (χ0) is 19.1. The minimum atomic E-state index is -0.323. The molecule has 4 nitrogen and oxygen atoms in total. The molecule has 2 N–H and O–H groups in total. The number of thiocarbonyl (C=S) groups is 1. The zero-order valence-electron chi connectivity index (χ0n) is 15.1. The molecule has 0 aliphatic carbocycles. The Hall–Kier alpha value is -2.11. The fourth-order valence-electron chi connectivity index (χ4n) is 2.43. The molecule has 0 spiro atoms. The summed E-state index contributed by atoms with van der Waals surface area (Å²) in [5.74, 6) is 0.660. The van der Waals surface area contributed by atoms with Crippen LogP contribution in [0.4, 0.5) is 5.69 Å². The Labute approximate surface area is 164 Å². The summed E-state index contributed by atoms with van der Waals surface area (Å²) in [6, 6.07) is 13.2. The van der Waals surface area contributed by atoms with Gasteiger partial charge in [-0.15, -0.1) is 0 Å². The van der Waals surface area contributed by atoms with Gasteiger partial charge in [-0.05, 0) is 66.9 Å². The number of aryl methyl sites for hydroxylation is 1. The molecule has 6 heteroatoms. The molecular formula is C20H23ClN2O2S. The van der Waals surface area contributed by atoms with Gasteiger partial charge in [0, 0.05) is 10.7 Å². The minimum Gasteiger partial charge on any atom is -0.484 e. The number of carbonyl (C=O) groups excluding carboxylic acids is 1. The topological polar surface area (TPSA) is 50.4 Å². The predicted octanol–water partition coefficient (Wildman–Crippen LogP) is 5.05. The van der Waals surface area contributed by atoms with E-state index in [1.807, 2.05) is 25.1 Å². The second-order valence-electron chi connectivity index (χ2n) is 6.10. The van der Waals surface area contributed by atoms with Gasteiger partial charge < -0.3 is 10.1 Å². The van der Waals surface area contributed by atoms with Crippen LogP contribution in [0.25, 0.3) is 0 Å². The van der Waals surface area contributed by atoms with Crippen LogP contribution in [0.5, 0.6) is 5.75 Å². The molecule has 0 fully saturated rings. The third-order valence-corrected chi connectivity index (χ3v) is 4.73. The fourth-order valence-corrected chi connectivity index (χ4v) is 2.77. The van der Waals surface area contributed by atoms with Gasteiger partial charge in [0.05, 0.1) is 0 Å². The van der Waals surface area contributed by atoms with E-state index in [0.717, 1.165) is 17.7 Å². The first-order valence-corrected chi connectivity index (χ1v) is 9.28. The highest BCUT2D eigenvalue weighted by molar-refractivity contribution is 7.80. The number of para-hydroxylation sites is 1. The quantitative estimate of drug-likeness (QED) is 0.677. The van der Waals surface area contributed by atoms with Crippen LogP contribution in [-0.2, 0) is 4.79 Å². The van der Waals surface area contributed by atoms with Gasteiger partial charge in [0.25, 0.3) is 5.91 Å². The van der Waals surface area contributed by atoms with Gasteiger partial charge in [0.15, 0.2) is 11.7 Å². The van der Waals surface area contributed by atoms with Crippen molar-refractivity contribution in [3.63, 3.8) is 0 Å². The van der Waals surface area contributed by atoms with Crippen LogP contribution in [0.3, 0.4) is 0 Å². The number of carbonyl (C=O) groups is 1. The Bertz CT molecular complexity index is 795. The van der Waals surface area contributed by atoms with Crippen molar-refractivity contribution in [2.75, 3.05) is 11.9 Å². The second-order valence-corrected chi connectivity index (χ2v) is 6.91. The maximum absolute atomic E-state index is 12.1. The van der Waals surface area contributed by atoms with Crippen molar-refractivity contribution in [3.05, 3.63) is 58.6 Å². The first kappa shape index (κ1) is 20.2. The number of hydrogen-bond donors (Lipinski definition) is 2. The monoisotopic (exact) mass is 390 g/mol. The minimum absolute atomic E-state index is 0.129. The molecule has 0 bridgehead atoms. The van der Waals surface area contributed by atoms with Gasteiger partial charge in [-0.3, -0.25) is 10.1 Å². The molecule has 0 aliphatic rings. The number of nitrogens with one attached hydrogen (secondary N) is 2. The summed E-state index contributed by atoms with van der Waals surface area (Å²) >= 11 is 11.2. The molecular weight excluding hydrogens is 368 g/mol. The predicted molar refractivity (Wildman–Crippen MR) is 111 cm³/mol. The fraction of sp³-hybridized carbons (Fsp3) is 0.300. The SMILES string of the molecule is CC[C@H](C)c1ccccc1NC(=S)NC(=O)COc1ccc(Cl)c(C)c1. The molecule has 0 saturated carbocycles. The van der Waals surface area contributed by atoms with E-state index in [2.05, 4.69) is 30.5 Å². The molecule has 1 amide bonds. The van der Waals surface area contributed by atoms with Crippen molar-refractivity contribution in [3.8, 4) is 5.75 Å². The Morgan fingerprint density at radius 2 is 2.00 bits per heavy atom. The Kier molecular flexibility index (Phi) is 7.42. The third kappa shape index (κ3) is 5.71. The lowest BCUT2D eigenvalue weighted by atomic mass is 9.97. The zero-order valence-corrected chi connectivity index (χ0v) is 16.7. The summed E-state index contributed by atoms with van der Waals surface area (Å²) in [7, 11) is 0. The molecule has 2 aromatic carbocycles. The smallest absolute Gasteiger partial charge is 0.264 e. The van der Waals surface area contributed by atoms with Gasteiger partial charge >= 0.3 is 0 Å². The van der Waals surface area contributed by atoms with Crippen molar-refractivity contribution < 1.29 is 9.53 Å². The van der Waals surface area contributed by atoms with Crippen LogP contribution in [0, 0.1) is 6.92 Å². The van der Waals surface area contributed by atoms with Crippen molar-refractivity contribution in [2.24, 2.45) is 0 Å². The second kappa shape index (κ2) is 9.55.